The van der Waals surface area contributed by atoms with Crippen LogP contribution in [0, 0.1) is 0 Å². The number of rotatable bonds is 0. The summed E-state index contributed by atoms with van der Waals surface area (Å²) in [4.78, 5) is 11.8. The summed E-state index contributed by atoms with van der Waals surface area (Å²) in [5.41, 5.74) is 0.323. The maximum atomic E-state index is 11.8. The van der Waals surface area contributed by atoms with Gasteiger partial charge >= 0.3 is 5.69 Å². The Morgan fingerprint density at radius 1 is 1.29 bits per heavy atom. The molecule has 74 valence electrons. The highest BCUT2D eigenvalue weighted by atomic mass is 16.2. The van der Waals surface area contributed by atoms with Gasteiger partial charge < -0.3 is 0 Å². The fourth-order valence-corrected chi connectivity index (χ4v) is 1.36. The Bertz CT molecular complexity index is 516. The molecular formula is C10H13N3O. The molecule has 0 N–H and O–H groups in total. The van der Waals surface area contributed by atoms with Crippen LogP contribution in [0.15, 0.2) is 29.2 Å². The lowest BCUT2D eigenvalue weighted by Crippen LogP contribution is -2.34. The van der Waals surface area contributed by atoms with E-state index in [9.17, 15) is 4.79 Å². The van der Waals surface area contributed by atoms with Gasteiger partial charge in [-0.05, 0) is 32.9 Å². The van der Waals surface area contributed by atoms with Crippen molar-refractivity contribution in [2.75, 3.05) is 0 Å². The molecule has 0 aliphatic carbocycles. The predicted molar refractivity (Wildman–Crippen MR) is 54.4 cm³/mol. The summed E-state index contributed by atoms with van der Waals surface area (Å²) in [7, 11) is 0. The van der Waals surface area contributed by atoms with Crippen molar-refractivity contribution in [2.24, 2.45) is 0 Å². The van der Waals surface area contributed by atoms with Crippen molar-refractivity contribution in [3.05, 3.63) is 34.9 Å². The zero-order chi connectivity index (χ0) is 10.3. The minimum atomic E-state index is -0.275. The SMILES string of the molecule is CC(C)(C)n1nc2ccccn2c1=O. The van der Waals surface area contributed by atoms with E-state index in [1.165, 1.54) is 4.68 Å². The molecule has 0 saturated heterocycles. The molecule has 4 nitrogen and oxygen atoms in total. The van der Waals surface area contributed by atoms with Gasteiger partial charge in [0.2, 0.25) is 0 Å². The molecule has 14 heavy (non-hydrogen) atoms. The van der Waals surface area contributed by atoms with Gasteiger partial charge in [0.05, 0.1) is 5.54 Å². The average Bonchev–Trinajstić information content (AvgIpc) is 2.44. The maximum absolute atomic E-state index is 11.8. The van der Waals surface area contributed by atoms with Crippen LogP contribution in [0.2, 0.25) is 0 Å². The Balaban J connectivity index is 2.82. The Hall–Kier alpha value is -1.58. The summed E-state index contributed by atoms with van der Waals surface area (Å²) in [5, 5.41) is 4.25. The van der Waals surface area contributed by atoms with Gasteiger partial charge in [0.1, 0.15) is 0 Å². The van der Waals surface area contributed by atoms with Crippen molar-refractivity contribution in [3.8, 4) is 0 Å². The topological polar surface area (TPSA) is 39.3 Å². The summed E-state index contributed by atoms with van der Waals surface area (Å²) in [6.07, 6.45) is 1.73. The highest BCUT2D eigenvalue weighted by Crippen LogP contribution is 2.09. The minimum Gasteiger partial charge on any atom is -0.250 e. The highest BCUT2D eigenvalue weighted by Gasteiger charge is 2.18. The molecule has 2 aromatic rings. The van der Waals surface area contributed by atoms with E-state index >= 15 is 0 Å². The van der Waals surface area contributed by atoms with Crippen LogP contribution in [-0.4, -0.2) is 14.2 Å². The predicted octanol–water partition coefficient (Wildman–Crippen LogP) is 1.25. The van der Waals surface area contributed by atoms with Gasteiger partial charge in [0.25, 0.3) is 0 Å². The molecule has 0 fully saturated rings. The van der Waals surface area contributed by atoms with Crippen LogP contribution >= 0.6 is 0 Å². The zero-order valence-corrected chi connectivity index (χ0v) is 8.56. The van der Waals surface area contributed by atoms with E-state index < -0.39 is 0 Å². The normalized spacial score (nSPS) is 12.2. The number of hydrogen-bond acceptors (Lipinski definition) is 2. The Labute approximate surface area is 81.8 Å². The lowest BCUT2D eigenvalue weighted by atomic mass is 10.1. The molecule has 0 aliphatic heterocycles. The van der Waals surface area contributed by atoms with E-state index in [0.717, 1.165) is 0 Å². The van der Waals surface area contributed by atoms with Gasteiger partial charge in [-0.3, -0.25) is 4.40 Å². The lowest BCUT2D eigenvalue weighted by Gasteiger charge is -2.16. The quantitative estimate of drug-likeness (QED) is 0.628. The molecule has 0 unspecified atom stereocenters. The fraction of sp³-hybridized carbons (Fsp3) is 0.400. The Kier molecular flexibility index (Phi) is 1.74. The standard InChI is InChI=1S/C10H13N3O/c1-10(2,3)13-9(14)12-7-5-4-6-8(12)11-13/h4-7H,1-3H3. The Morgan fingerprint density at radius 3 is 2.57 bits per heavy atom. The van der Waals surface area contributed by atoms with E-state index in [1.54, 1.807) is 10.6 Å². The van der Waals surface area contributed by atoms with Gasteiger partial charge in [0, 0.05) is 6.20 Å². The van der Waals surface area contributed by atoms with Crippen molar-refractivity contribution < 1.29 is 0 Å². The largest absolute Gasteiger partial charge is 0.350 e. The average molecular weight is 191 g/mol. The van der Waals surface area contributed by atoms with Crippen molar-refractivity contribution in [3.63, 3.8) is 0 Å². The third-order valence-electron chi connectivity index (χ3n) is 2.06. The molecule has 0 amide bonds. The van der Waals surface area contributed by atoms with E-state index in [1.807, 2.05) is 39.0 Å². The van der Waals surface area contributed by atoms with Crippen LogP contribution in [0.5, 0.6) is 0 Å². The van der Waals surface area contributed by atoms with Crippen molar-refractivity contribution >= 4 is 5.65 Å². The third kappa shape index (κ3) is 1.23. The first-order chi connectivity index (χ1) is 6.50. The van der Waals surface area contributed by atoms with Crippen molar-refractivity contribution in [1.82, 2.24) is 14.2 Å². The smallest absolute Gasteiger partial charge is 0.250 e. The molecule has 0 bridgehead atoms. The molecule has 2 rings (SSSR count). The zero-order valence-electron chi connectivity index (χ0n) is 8.56. The summed E-state index contributed by atoms with van der Waals surface area (Å²) in [6.45, 7) is 5.88. The first-order valence-electron chi connectivity index (χ1n) is 4.57. The number of hydrogen-bond donors (Lipinski definition) is 0. The molecule has 0 saturated carbocycles. The molecule has 2 heterocycles. The lowest BCUT2D eigenvalue weighted by molar-refractivity contribution is 0.344. The van der Waals surface area contributed by atoms with Crippen LogP contribution in [0.3, 0.4) is 0 Å². The van der Waals surface area contributed by atoms with E-state index in [-0.39, 0.29) is 11.2 Å². The monoisotopic (exact) mass is 191 g/mol. The number of aromatic nitrogens is 3. The van der Waals surface area contributed by atoms with Crippen LogP contribution in [0.4, 0.5) is 0 Å². The molecule has 0 spiro atoms. The number of fused-ring (bicyclic) bond motifs is 1. The molecular weight excluding hydrogens is 178 g/mol. The van der Waals surface area contributed by atoms with Gasteiger partial charge in [-0.25, -0.2) is 9.48 Å². The van der Waals surface area contributed by atoms with Crippen LogP contribution in [0.25, 0.3) is 5.65 Å². The van der Waals surface area contributed by atoms with E-state index in [2.05, 4.69) is 5.10 Å². The van der Waals surface area contributed by atoms with Crippen LogP contribution in [0.1, 0.15) is 20.8 Å². The maximum Gasteiger partial charge on any atom is 0.350 e. The van der Waals surface area contributed by atoms with Gasteiger partial charge in [0.15, 0.2) is 5.65 Å². The van der Waals surface area contributed by atoms with Gasteiger partial charge in [-0.1, -0.05) is 6.07 Å². The second kappa shape index (κ2) is 2.70. The van der Waals surface area contributed by atoms with Crippen molar-refractivity contribution in [1.29, 1.82) is 0 Å². The van der Waals surface area contributed by atoms with Gasteiger partial charge in [-0.2, -0.15) is 0 Å². The number of nitrogens with zero attached hydrogens (tertiary/aromatic N) is 3. The fourth-order valence-electron chi connectivity index (χ4n) is 1.36. The van der Waals surface area contributed by atoms with Gasteiger partial charge in [-0.15, -0.1) is 5.10 Å². The Morgan fingerprint density at radius 2 is 2.00 bits per heavy atom. The molecule has 4 heteroatoms. The highest BCUT2D eigenvalue weighted by molar-refractivity contribution is 5.35. The first kappa shape index (κ1) is 8.99. The first-order valence-corrected chi connectivity index (χ1v) is 4.57. The van der Waals surface area contributed by atoms with Crippen LogP contribution in [-0.2, 0) is 5.54 Å². The summed E-state index contributed by atoms with van der Waals surface area (Å²) in [6, 6.07) is 5.52. The summed E-state index contributed by atoms with van der Waals surface area (Å²) < 4.78 is 3.05. The number of pyridine rings is 1. The molecule has 0 atom stereocenters. The van der Waals surface area contributed by atoms with E-state index in [0.29, 0.717) is 5.65 Å². The minimum absolute atomic E-state index is 0.0897. The molecule has 0 aromatic carbocycles. The second-order valence-electron chi connectivity index (χ2n) is 4.29. The van der Waals surface area contributed by atoms with Crippen LogP contribution < -0.4 is 5.69 Å². The molecule has 0 aliphatic rings. The van der Waals surface area contributed by atoms with E-state index in [4.69, 9.17) is 0 Å². The summed E-state index contributed by atoms with van der Waals surface area (Å²) >= 11 is 0. The molecule has 0 radical (unpaired) electrons. The second-order valence-corrected chi connectivity index (χ2v) is 4.29. The van der Waals surface area contributed by atoms with Crippen molar-refractivity contribution in [2.45, 2.75) is 26.3 Å². The third-order valence-corrected chi connectivity index (χ3v) is 2.06. The summed E-state index contributed by atoms with van der Waals surface area (Å²) in [5.74, 6) is 0. The molecule has 2 aromatic heterocycles.